The number of benzene rings is 1. The van der Waals surface area contributed by atoms with E-state index in [1.165, 1.54) is 0 Å². The lowest BCUT2D eigenvalue weighted by molar-refractivity contribution is -0.135. The smallest absolute Gasteiger partial charge is 0.225 e. The zero-order valence-corrected chi connectivity index (χ0v) is 20.0. The molecule has 33 heavy (non-hydrogen) atoms. The number of ether oxygens (including phenoxy) is 1. The van der Waals surface area contributed by atoms with Crippen molar-refractivity contribution in [2.24, 2.45) is 5.92 Å². The van der Waals surface area contributed by atoms with Gasteiger partial charge in [-0.25, -0.2) is 4.98 Å². The Hall–Kier alpha value is -3.22. The molecule has 4 rings (SSSR count). The third kappa shape index (κ3) is 5.07. The molecule has 2 aromatic heterocycles. The first-order valence-electron chi connectivity index (χ1n) is 11.9. The molecule has 1 aliphatic rings. The van der Waals surface area contributed by atoms with Crippen LogP contribution in [-0.2, 0) is 30.7 Å². The molecule has 1 amide bonds. The molecule has 1 atom stereocenters. The Labute approximate surface area is 195 Å². The largest absolute Gasteiger partial charge is 0.478 e. The number of rotatable bonds is 7. The molecular weight excluding hydrogens is 414 g/mol. The lowest BCUT2D eigenvalue weighted by atomic mass is 9.98. The Bertz CT molecular complexity index is 1110. The van der Waals surface area contributed by atoms with Gasteiger partial charge in [0.2, 0.25) is 11.8 Å². The number of carbonyl (C=O) groups excluding carboxylic acids is 1. The molecule has 0 bridgehead atoms. The van der Waals surface area contributed by atoms with E-state index < -0.39 is 0 Å². The van der Waals surface area contributed by atoms with E-state index in [0.29, 0.717) is 24.9 Å². The van der Waals surface area contributed by atoms with Crippen LogP contribution >= 0.6 is 0 Å². The van der Waals surface area contributed by atoms with Crippen LogP contribution in [0, 0.1) is 12.8 Å². The van der Waals surface area contributed by atoms with Gasteiger partial charge in [0.1, 0.15) is 0 Å². The van der Waals surface area contributed by atoms with Gasteiger partial charge in [-0.3, -0.25) is 9.48 Å². The van der Waals surface area contributed by atoms with Crippen molar-refractivity contribution >= 4 is 5.91 Å². The van der Waals surface area contributed by atoms with E-state index in [1.807, 2.05) is 67.0 Å². The molecule has 174 valence electrons. The Morgan fingerprint density at radius 1 is 1.15 bits per heavy atom. The first-order valence-corrected chi connectivity index (χ1v) is 11.9. The summed E-state index contributed by atoms with van der Waals surface area (Å²) >= 11 is 0. The predicted molar refractivity (Wildman–Crippen MR) is 128 cm³/mol. The number of carbonyl (C=O) groups is 1. The first kappa shape index (κ1) is 23.0. The van der Waals surface area contributed by atoms with Crippen LogP contribution in [0.1, 0.15) is 49.2 Å². The summed E-state index contributed by atoms with van der Waals surface area (Å²) < 4.78 is 7.83. The minimum Gasteiger partial charge on any atom is -0.478 e. The van der Waals surface area contributed by atoms with Crippen LogP contribution in [0.4, 0.5) is 0 Å². The van der Waals surface area contributed by atoms with Crippen LogP contribution in [0.15, 0.2) is 36.5 Å². The van der Waals surface area contributed by atoms with Crippen molar-refractivity contribution in [3.05, 3.63) is 59.0 Å². The average molecular weight is 448 g/mol. The number of hydrogen-bond donors (Lipinski definition) is 0. The zero-order valence-electron chi connectivity index (χ0n) is 20.0. The number of fused-ring (bicyclic) bond motifs is 1. The third-order valence-electron chi connectivity index (χ3n) is 6.35. The number of hydrogen-bond acceptors (Lipinski definition) is 5. The van der Waals surface area contributed by atoms with E-state index in [1.54, 1.807) is 0 Å². The summed E-state index contributed by atoms with van der Waals surface area (Å²) in [6.45, 7) is 7.99. The third-order valence-corrected chi connectivity index (χ3v) is 6.35. The molecule has 7 nitrogen and oxygen atoms in total. The highest BCUT2D eigenvalue weighted by Crippen LogP contribution is 2.32. The van der Waals surface area contributed by atoms with Crippen LogP contribution in [0.25, 0.3) is 11.4 Å². The fourth-order valence-electron chi connectivity index (χ4n) is 4.48. The SMILES string of the molecule is CCOc1nc(-c2ccccc2)nc2c1CCC(C(=O)N(C)Cc1cn(CC)nc1C)CC2. The second-order valence-corrected chi connectivity index (χ2v) is 8.64. The zero-order chi connectivity index (χ0) is 23.4. The number of aromatic nitrogens is 4. The van der Waals surface area contributed by atoms with Crippen LogP contribution in [0.5, 0.6) is 5.88 Å². The second kappa shape index (κ2) is 10.1. The quantitative estimate of drug-likeness (QED) is 0.507. The van der Waals surface area contributed by atoms with Crippen molar-refractivity contribution in [1.29, 1.82) is 0 Å². The molecule has 0 radical (unpaired) electrons. The van der Waals surface area contributed by atoms with E-state index >= 15 is 0 Å². The molecule has 3 aromatic rings. The summed E-state index contributed by atoms with van der Waals surface area (Å²) in [7, 11) is 1.89. The molecule has 0 aliphatic heterocycles. The fourth-order valence-corrected chi connectivity index (χ4v) is 4.48. The van der Waals surface area contributed by atoms with Crippen LogP contribution in [-0.4, -0.2) is 44.2 Å². The standard InChI is InChI=1S/C26H33N5O2/c1-5-31-17-21(18(3)29-31)16-30(4)26(32)20-12-14-22-23(15-13-20)27-24(28-25(22)33-6-2)19-10-8-7-9-11-19/h7-11,17,20H,5-6,12-16H2,1-4H3. The molecule has 0 N–H and O–H groups in total. The molecule has 7 heteroatoms. The van der Waals surface area contributed by atoms with Crippen molar-refractivity contribution in [1.82, 2.24) is 24.6 Å². The molecule has 1 aliphatic carbocycles. The van der Waals surface area contributed by atoms with Crippen LogP contribution in [0.2, 0.25) is 0 Å². The maximum atomic E-state index is 13.3. The van der Waals surface area contributed by atoms with Gasteiger partial charge >= 0.3 is 0 Å². The lowest BCUT2D eigenvalue weighted by Gasteiger charge is -2.22. The van der Waals surface area contributed by atoms with E-state index in [4.69, 9.17) is 14.7 Å². The van der Waals surface area contributed by atoms with Crippen molar-refractivity contribution in [2.75, 3.05) is 13.7 Å². The van der Waals surface area contributed by atoms with Crippen LogP contribution < -0.4 is 4.74 Å². The summed E-state index contributed by atoms with van der Waals surface area (Å²) in [6, 6.07) is 9.98. The minimum absolute atomic E-state index is 0.0413. The lowest BCUT2D eigenvalue weighted by Crippen LogP contribution is -2.32. The van der Waals surface area contributed by atoms with Gasteiger partial charge in [0.25, 0.3) is 0 Å². The maximum Gasteiger partial charge on any atom is 0.225 e. The fraction of sp³-hybridized carbons (Fsp3) is 0.462. The summed E-state index contributed by atoms with van der Waals surface area (Å²) in [6.07, 6.45) is 5.08. The van der Waals surface area contributed by atoms with Gasteiger partial charge in [-0.2, -0.15) is 10.1 Å². The van der Waals surface area contributed by atoms with E-state index in [0.717, 1.165) is 60.3 Å². The van der Waals surface area contributed by atoms with Crippen molar-refractivity contribution in [2.45, 2.75) is 59.5 Å². The molecule has 0 spiro atoms. The van der Waals surface area contributed by atoms with Gasteiger partial charge in [0.05, 0.1) is 18.0 Å². The van der Waals surface area contributed by atoms with Gasteiger partial charge in [0, 0.05) is 48.9 Å². The average Bonchev–Trinajstić information content (AvgIpc) is 3.04. The van der Waals surface area contributed by atoms with Crippen molar-refractivity contribution in [3.63, 3.8) is 0 Å². The highest BCUT2D eigenvalue weighted by atomic mass is 16.5. The molecule has 0 saturated carbocycles. The Kier molecular flexibility index (Phi) is 7.06. The van der Waals surface area contributed by atoms with Gasteiger partial charge in [-0.05, 0) is 46.5 Å². The number of amides is 1. The van der Waals surface area contributed by atoms with E-state index in [2.05, 4.69) is 12.0 Å². The highest BCUT2D eigenvalue weighted by Gasteiger charge is 2.28. The minimum atomic E-state index is -0.0413. The number of aryl methyl sites for hydroxylation is 3. The molecule has 0 fully saturated rings. The van der Waals surface area contributed by atoms with Gasteiger partial charge < -0.3 is 9.64 Å². The van der Waals surface area contributed by atoms with Gasteiger partial charge in [0.15, 0.2) is 5.82 Å². The summed E-state index contributed by atoms with van der Waals surface area (Å²) in [4.78, 5) is 24.8. The molecular formula is C26H33N5O2. The second-order valence-electron chi connectivity index (χ2n) is 8.64. The van der Waals surface area contributed by atoms with Crippen molar-refractivity contribution < 1.29 is 9.53 Å². The number of nitrogens with zero attached hydrogens (tertiary/aromatic N) is 5. The van der Waals surface area contributed by atoms with Gasteiger partial charge in [-0.1, -0.05) is 30.3 Å². The normalized spacial score (nSPS) is 15.6. The summed E-state index contributed by atoms with van der Waals surface area (Å²) in [5.41, 5.74) is 5.11. The van der Waals surface area contributed by atoms with E-state index in [9.17, 15) is 4.79 Å². The van der Waals surface area contributed by atoms with Crippen LogP contribution in [0.3, 0.4) is 0 Å². The Balaban J connectivity index is 1.52. The Morgan fingerprint density at radius 3 is 2.61 bits per heavy atom. The predicted octanol–water partition coefficient (Wildman–Crippen LogP) is 4.22. The highest BCUT2D eigenvalue weighted by molar-refractivity contribution is 5.78. The van der Waals surface area contributed by atoms with Crippen molar-refractivity contribution in [3.8, 4) is 17.3 Å². The molecule has 1 unspecified atom stereocenters. The van der Waals surface area contributed by atoms with E-state index in [-0.39, 0.29) is 11.8 Å². The Morgan fingerprint density at radius 2 is 1.91 bits per heavy atom. The molecule has 0 saturated heterocycles. The maximum absolute atomic E-state index is 13.3. The monoisotopic (exact) mass is 447 g/mol. The first-order chi connectivity index (χ1) is 16.0. The van der Waals surface area contributed by atoms with Gasteiger partial charge in [-0.15, -0.1) is 0 Å². The summed E-state index contributed by atoms with van der Waals surface area (Å²) in [5, 5.41) is 4.51. The molecule has 1 aromatic carbocycles. The molecule has 2 heterocycles. The topological polar surface area (TPSA) is 73.1 Å². The summed E-state index contributed by atoms with van der Waals surface area (Å²) in [5.74, 6) is 1.48.